The van der Waals surface area contributed by atoms with Crippen molar-refractivity contribution in [1.82, 2.24) is 4.72 Å². The fraction of sp³-hybridized carbons (Fsp3) is 0.250. The average Bonchev–Trinajstić information content (AvgIpc) is 3.04. The van der Waals surface area contributed by atoms with Gasteiger partial charge in [-0.15, -0.1) is 0 Å². The molecule has 0 saturated heterocycles. The molecule has 0 spiro atoms. The van der Waals surface area contributed by atoms with Gasteiger partial charge < -0.3 is 9.47 Å². The molecule has 1 aliphatic carbocycles. The number of methoxy groups -OCH3 is 2. The molecule has 0 aromatic heterocycles. The van der Waals surface area contributed by atoms with Crippen LogP contribution in [0.25, 0.3) is 0 Å². The van der Waals surface area contributed by atoms with Crippen molar-refractivity contribution in [3.8, 4) is 11.5 Å². The Morgan fingerprint density at radius 2 is 1.43 bits per heavy atom. The fourth-order valence-corrected chi connectivity index (χ4v) is 5.62. The smallest absolute Gasteiger partial charge is 0.241 e. The minimum absolute atomic E-state index is 0.0130. The van der Waals surface area contributed by atoms with Gasteiger partial charge in [-0.2, -0.15) is 0 Å². The Balaban J connectivity index is 1.76. The van der Waals surface area contributed by atoms with Crippen LogP contribution in [-0.2, 0) is 10.0 Å². The van der Waals surface area contributed by atoms with E-state index in [-0.39, 0.29) is 22.8 Å². The first kappa shape index (κ1) is 20.4. The van der Waals surface area contributed by atoms with Crippen LogP contribution in [0.4, 0.5) is 0 Å². The molecule has 0 bridgehead atoms. The lowest BCUT2D eigenvalue weighted by atomic mass is 9.86. The van der Waals surface area contributed by atoms with Crippen molar-refractivity contribution in [3.05, 3.63) is 89.5 Å². The largest absolute Gasteiger partial charge is 0.497 e. The van der Waals surface area contributed by atoms with Crippen molar-refractivity contribution in [2.45, 2.75) is 23.8 Å². The van der Waals surface area contributed by atoms with Crippen molar-refractivity contribution < 1.29 is 17.9 Å². The van der Waals surface area contributed by atoms with Gasteiger partial charge in [-0.25, -0.2) is 13.1 Å². The van der Waals surface area contributed by atoms with Gasteiger partial charge in [-0.3, -0.25) is 0 Å². The van der Waals surface area contributed by atoms with E-state index in [0.29, 0.717) is 5.75 Å². The number of benzene rings is 3. The zero-order valence-electron chi connectivity index (χ0n) is 17.2. The van der Waals surface area contributed by atoms with E-state index in [0.717, 1.165) is 22.4 Å². The first-order chi connectivity index (χ1) is 14.4. The topological polar surface area (TPSA) is 64.6 Å². The molecule has 5 nitrogen and oxygen atoms in total. The second-order valence-electron chi connectivity index (χ2n) is 7.52. The molecule has 1 N–H and O–H groups in total. The first-order valence-corrected chi connectivity index (χ1v) is 11.3. The van der Waals surface area contributed by atoms with E-state index in [1.807, 2.05) is 42.5 Å². The van der Waals surface area contributed by atoms with Gasteiger partial charge in [-0.05, 0) is 59.0 Å². The minimum Gasteiger partial charge on any atom is -0.497 e. The van der Waals surface area contributed by atoms with Crippen LogP contribution in [0.3, 0.4) is 0 Å². The highest BCUT2D eigenvalue weighted by Gasteiger charge is 2.41. The minimum atomic E-state index is -3.67. The summed E-state index contributed by atoms with van der Waals surface area (Å²) in [5.41, 5.74) is 3.17. The summed E-state index contributed by atoms with van der Waals surface area (Å²) in [4.78, 5) is 0.259. The molecule has 0 amide bonds. The third-order valence-corrected chi connectivity index (χ3v) is 7.28. The quantitative estimate of drug-likeness (QED) is 0.634. The van der Waals surface area contributed by atoms with Gasteiger partial charge in [0.05, 0.1) is 25.2 Å². The first-order valence-electron chi connectivity index (χ1n) is 9.84. The Morgan fingerprint density at radius 3 is 2.07 bits per heavy atom. The standard InChI is InChI=1S/C24H25NO4S/c1-16-23(17-9-11-18(28-2)12-10-17)21-14-13-19(29-3)15-22(21)24(16)25-30(26,27)20-7-5-4-6-8-20/h4-16,23-25H,1-3H3/t16-,23+,24+/m1/s1. The van der Waals surface area contributed by atoms with Gasteiger partial charge in [-0.1, -0.05) is 43.3 Å². The third kappa shape index (κ3) is 3.68. The molecular weight excluding hydrogens is 398 g/mol. The maximum absolute atomic E-state index is 13.1. The second kappa shape index (κ2) is 8.13. The molecular formula is C24H25NO4S. The Morgan fingerprint density at radius 1 is 0.800 bits per heavy atom. The number of sulfonamides is 1. The van der Waals surface area contributed by atoms with Crippen LogP contribution in [0.2, 0.25) is 0 Å². The van der Waals surface area contributed by atoms with Crippen molar-refractivity contribution in [1.29, 1.82) is 0 Å². The Hall–Kier alpha value is -2.83. The highest BCUT2D eigenvalue weighted by Crippen LogP contribution is 2.50. The molecule has 3 aromatic carbocycles. The molecule has 0 fully saturated rings. The molecule has 3 atom stereocenters. The molecule has 0 saturated carbocycles. The predicted octanol–water partition coefficient (Wildman–Crippen LogP) is 4.51. The van der Waals surface area contributed by atoms with Crippen LogP contribution >= 0.6 is 0 Å². The van der Waals surface area contributed by atoms with E-state index in [2.05, 4.69) is 11.6 Å². The van der Waals surface area contributed by atoms with E-state index in [1.54, 1.807) is 44.6 Å². The summed E-state index contributed by atoms with van der Waals surface area (Å²) < 4.78 is 39.8. The van der Waals surface area contributed by atoms with Gasteiger partial charge >= 0.3 is 0 Å². The summed E-state index contributed by atoms with van der Waals surface area (Å²) >= 11 is 0. The highest BCUT2D eigenvalue weighted by molar-refractivity contribution is 7.89. The molecule has 0 radical (unpaired) electrons. The Kier molecular flexibility index (Phi) is 5.54. The van der Waals surface area contributed by atoms with Crippen LogP contribution in [-0.4, -0.2) is 22.6 Å². The van der Waals surface area contributed by atoms with Crippen LogP contribution in [0.5, 0.6) is 11.5 Å². The normalized spacial score (nSPS) is 20.6. The van der Waals surface area contributed by atoms with Crippen molar-refractivity contribution in [2.75, 3.05) is 14.2 Å². The number of ether oxygens (including phenoxy) is 2. The summed E-state index contributed by atoms with van der Waals surface area (Å²) in [6.45, 7) is 2.08. The van der Waals surface area contributed by atoms with Crippen LogP contribution in [0, 0.1) is 5.92 Å². The summed E-state index contributed by atoms with van der Waals surface area (Å²) in [6.07, 6.45) is 0. The molecule has 0 aliphatic heterocycles. The third-order valence-electron chi connectivity index (χ3n) is 5.83. The van der Waals surface area contributed by atoms with Crippen molar-refractivity contribution in [3.63, 3.8) is 0 Å². The SMILES string of the molecule is COc1ccc([C@H]2c3ccc(OC)cc3[C@@H](NS(=O)(=O)c3ccccc3)[C@@H]2C)cc1. The maximum Gasteiger partial charge on any atom is 0.241 e. The Labute approximate surface area is 177 Å². The number of nitrogens with one attached hydrogen (secondary N) is 1. The second-order valence-corrected chi connectivity index (χ2v) is 9.23. The van der Waals surface area contributed by atoms with Crippen LogP contribution in [0.1, 0.15) is 35.6 Å². The fourth-order valence-electron chi connectivity index (χ4n) is 4.29. The number of rotatable bonds is 6. The van der Waals surface area contributed by atoms with Gasteiger partial charge in [0.15, 0.2) is 0 Å². The molecule has 0 unspecified atom stereocenters. The van der Waals surface area contributed by atoms with E-state index < -0.39 is 10.0 Å². The highest BCUT2D eigenvalue weighted by atomic mass is 32.2. The molecule has 156 valence electrons. The molecule has 6 heteroatoms. The molecule has 0 heterocycles. The lowest BCUT2D eigenvalue weighted by Crippen LogP contribution is -2.31. The zero-order chi connectivity index (χ0) is 21.3. The van der Waals surface area contributed by atoms with E-state index in [4.69, 9.17) is 9.47 Å². The lowest BCUT2D eigenvalue weighted by molar-refractivity contribution is 0.410. The van der Waals surface area contributed by atoms with E-state index >= 15 is 0 Å². The maximum atomic E-state index is 13.1. The number of hydrogen-bond acceptors (Lipinski definition) is 4. The molecule has 3 aromatic rings. The summed E-state index contributed by atoms with van der Waals surface area (Å²) in [6, 6.07) is 22.0. The average molecular weight is 424 g/mol. The molecule has 30 heavy (non-hydrogen) atoms. The molecule has 4 rings (SSSR count). The Bertz CT molecular complexity index is 1130. The number of hydrogen-bond donors (Lipinski definition) is 1. The van der Waals surface area contributed by atoms with E-state index in [9.17, 15) is 8.42 Å². The van der Waals surface area contributed by atoms with Crippen molar-refractivity contribution >= 4 is 10.0 Å². The van der Waals surface area contributed by atoms with E-state index in [1.165, 1.54) is 0 Å². The summed E-state index contributed by atoms with van der Waals surface area (Å²) in [5.74, 6) is 1.57. The summed E-state index contributed by atoms with van der Waals surface area (Å²) in [5, 5.41) is 0. The van der Waals surface area contributed by atoms with Crippen LogP contribution < -0.4 is 14.2 Å². The van der Waals surface area contributed by atoms with Gasteiger partial charge in [0, 0.05) is 5.92 Å². The van der Waals surface area contributed by atoms with Gasteiger partial charge in [0.2, 0.25) is 10.0 Å². The molecule has 1 aliphatic rings. The zero-order valence-corrected chi connectivity index (χ0v) is 18.0. The number of fused-ring (bicyclic) bond motifs is 1. The van der Waals surface area contributed by atoms with Crippen molar-refractivity contribution in [2.24, 2.45) is 5.92 Å². The summed E-state index contributed by atoms with van der Waals surface area (Å²) in [7, 11) is -0.409. The predicted molar refractivity (Wildman–Crippen MR) is 116 cm³/mol. The van der Waals surface area contributed by atoms with Crippen LogP contribution in [0.15, 0.2) is 77.7 Å². The monoisotopic (exact) mass is 423 g/mol. The van der Waals surface area contributed by atoms with Gasteiger partial charge in [0.1, 0.15) is 11.5 Å². The lowest BCUT2D eigenvalue weighted by Gasteiger charge is -2.23. The van der Waals surface area contributed by atoms with Gasteiger partial charge in [0.25, 0.3) is 0 Å².